The molecular formula is C27H24N2O3S. The molecule has 0 fully saturated rings. The van der Waals surface area contributed by atoms with Crippen LogP contribution in [-0.4, -0.2) is 20.6 Å². The lowest BCUT2D eigenvalue weighted by Crippen LogP contribution is -2.29. The molecule has 0 radical (unpaired) electrons. The molecule has 4 aromatic rings. The quantitative estimate of drug-likeness (QED) is 0.395. The van der Waals surface area contributed by atoms with Crippen molar-refractivity contribution >= 4 is 27.3 Å². The first-order valence-corrected chi connectivity index (χ1v) is 12.3. The number of nitrogens with zero attached hydrogens (tertiary/aromatic N) is 1. The van der Waals surface area contributed by atoms with Crippen LogP contribution in [0.2, 0.25) is 0 Å². The van der Waals surface area contributed by atoms with Gasteiger partial charge in [-0.05, 0) is 53.1 Å². The van der Waals surface area contributed by atoms with E-state index in [1.165, 1.54) is 10.6 Å². The topological polar surface area (TPSA) is 66.5 Å². The van der Waals surface area contributed by atoms with Crippen LogP contribution in [0.5, 0.6) is 0 Å². The minimum atomic E-state index is -3.49. The number of hydrogen-bond acceptors (Lipinski definition) is 3. The summed E-state index contributed by atoms with van der Waals surface area (Å²) in [7, 11) is -3.49. The summed E-state index contributed by atoms with van der Waals surface area (Å²) in [6, 6.07) is 33.6. The van der Waals surface area contributed by atoms with Gasteiger partial charge >= 0.3 is 0 Å². The molecule has 4 aromatic carbocycles. The van der Waals surface area contributed by atoms with Crippen LogP contribution in [-0.2, 0) is 16.6 Å². The van der Waals surface area contributed by atoms with Gasteiger partial charge in [0.25, 0.3) is 5.91 Å². The Morgan fingerprint density at radius 3 is 1.85 bits per heavy atom. The van der Waals surface area contributed by atoms with E-state index >= 15 is 0 Å². The lowest BCUT2D eigenvalue weighted by Gasteiger charge is -2.22. The van der Waals surface area contributed by atoms with Crippen molar-refractivity contribution in [2.75, 3.05) is 15.9 Å². The van der Waals surface area contributed by atoms with E-state index < -0.39 is 10.0 Å². The molecule has 0 aliphatic carbocycles. The molecule has 0 aliphatic heterocycles. The molecule has 5 nitrogen and oxygen atoms in total. The lowest BCUT2D eigenvalue weighted by atomic mass is 10.1. The second-order valence-corrected chi connectivity index (χ2v) is 9.61. The minimum Gasteiger partial charge on any atom is -0.322 e. The van der Waals surface area contributed by atoms with E-state index in [-0.39, 0.29) is 12.5 Å². The first kappa shape index (κ1) is 22.3. The van der Waals surface area contributed by atoms with E-state index in [1.807, 2.05) is 84.9 Å². The van der Waals surface area contributed by atoms with Gasteiger partial charge in [-0.3, -0.25) is 9.10 Å². The Bertz CT molecular complexity index is 1320. The molecule has 1 amide bonds. The van der Waals surface area contributed by atoms with E-state index in [0.29, 0.717) is 16.9 Å². The largest absolute Gasteiger partial charge is 0.322 e. The zero-order chi connectivity index (χ0) is 23.3. The van der Waals surface area contributed by atoms with E-state index in [0.717, 1.165) is 16.7 Å². The third kappa shape index (κ3) is 5.67. The molecule has 0 heterocycles. The smallest absolute Gasteiger partial charge is 0.255 e. The summed E-state index contributed by atoms with van der Waals surface area (Å²) in [6.45, 7) is 0.221. The Morgan fingerprint density at radius 2 is 1.27 bits per heavy atom. The zero-order valence-electron chi connectivity index (χ0n) is 18.2. The highest BCUT2D eigenvalue weighted by Crippen LogP contribution is 2.23. The van der Waals surface area contributed by atoms with Crippen molar-refractivity contribution in [3.63, 3.8) is 0 Å². The van der Waals surface area contributed by atoms with Crippen molar-refractivity contribution in [1.82, 2.24) is 0 Å². The van der Waals surface area contributed by atoms with Crippen LogP contribution in [0.4, 0.5) is 11.4 Å². The predicted octanol–water partition coefficient (Wildman–Crippen LogP) is 5.57. The number of nitrogens with one attached hydrogen (secondary N) is 1. The second kappa shape index (κ2) is 9.71. The van der Waals surface area contributed by atoms with Gasteiger partial charge in [0.15, 0.2) is 0 Å². The van der Waals surface area contributed by atoms with Crippen LogP contribution in [0.3, 0.4) is 0 Å². The normalized spacial score (nSPS) is 11.1. The van der Waals surface area contributed by atoms with Gasteiger partial charge in [0.2, 0.25) is 10.0 Å². The minimum absolute atomic E-state index is 0.221. The van der Waals surface area contributed by atoms with Gasteiger partial charge in [-0.2, -0.15) is 0 Å². The maximum absolute atomic E-state index is 12.7. The SMILES string of the molecule is CS(=O)(=O)N(Cc1ccccc1)c1ccc(C(=O)Nc2ccc(-c3ccccc3)cc2)cc1. The fourth-order valence-corrected chi connectivity index (χ4v) is 4.40. The van der Waals surface area contributed by atoms with Crippen molar-refractivity contribution in [1.29, 1.82) is 0 Å². The number of benzene rings is 4. The first-order valence-electron chi connectivity index (χ1n) is 10.5. The molecule has 0 atom stereocenters. The molecule has 33 heavy (non-hydrogen) atoms. The Balaban J connectivity index is 1.47. The van der Waals surface area contributed by atoms with Gasteiger partial charge in [-0.1, -0.05) is 72.8 Å². The van der Waals surface area contributed by atoms with Crippen LogP contribution < -0.4 is 9.62 Å². The number of amides is 1. The molecule has 0 saturated carbocycles. The number of anilines is 2. The first-order chi connectivity index (χ1) is 15.9. The third-order valence-electron chi connectivity index (χ3n) is 5.24. The van der Waals surface area contributed by atoms with Crippen LogP contribution in [0.25, 0.3) is 11.1 Å². The maximum atomic E-state index is 12.7. The molecule has 4 rings (SSSR count). The van der Waals surface area contributed by atoms with Gasteiger partial charge < -0.3 is 5.32 Å². The van der Waals surface area contributed by atoms with Crippen LogP contribution >= 0.6 is 0 Å². The molecule has 6 heteroatoms. The molecule has 1 N–H and O–H groups in total. The predicted molar refractivity (Wildman–Crippen MR) is 134 cm³/mol. The Kier molecular flexibility index (Phi) is 6.56. The summed E-state index contributed by atoms with van der Waals surface area (Å²) in [6.07, 6.45) is 1.18. The molecule has 0 unspecified atom stereocenters. The third-order valence-corrected chi connectivity index (χ3v) is 6.38. The van der Waals surface area contributed by atoms with Crippen molar-refractivity contribution in [2.45, 2.75) is 6.54 Å². The molecule has 0 bridgehead atoms. The van der Waals surface area contributed by atoms with Crippen molar-refractivity contribution in [3.05, 3.63) is 120 Å². The number of carbonyl (C=O) groups excluding carboxylic acids is 1. The molecular weight excluding hydrogens is 432 g/mol. The summed E-state index contributed by atoms with van der Waals surface area (Å²) >= 11 is 0. The highest BCUT2D eigenvalue weighted by atomic mass is 32.2. The monoisotopic (exact) mass is 456 g/mol. The Hall–Kier alpha value is -3.90. The molecule has 0 spiro atoms. The Labute approximate surface area is 194 Å². The maximum Gasteiger partial charge on any atom is 0.255 e. The van der Waals surface area contributed by atoms with Crippen molar-refractivity contribution < 1.29 is 13.2 Å². The van der Waals surface area contributed by atoms with E-state index in [9.17, 15) is 13.2 Å². The number of rotatable bonds is 7. The van der Waals surface area contributed by atoms with E-state index in [4.69, 9.17) is 0 Å². The highest BCUT2D eigenvalue weighted by Gasteiger charge is 2.18. The van der Waals surface area contributed by atoms with Crippen molar-refractivity contribution in [3.8, 4) is 11.1 Å². The average Bonchev–Trinajstić information content (AvgIpc) is 2.84. The molecule has 166 valence electrons. The average molecular weight is 457 g/mol. The molecule has 0 saturated heterocycles. The van der Waals surface area contributed by atoms with Gasteiger partial charge in [-0.15, -0.1) is 0 Å². The van der Waals surface area contributed by atoms with Gasteiger partial charge in [-0.25, -0.2) is 8.42 Å². The fraction of sp³-hybridized carbons (Fsp3) is 0.0741. The van der Waals surface area contributed by atoms with E-state index in [2.05, 4.69) is 5.32 Å². The number of carbonyl (C=O) groups is 1. The molecule has 0 aromatic heterocycles. The van der Waals surface area contributed by atoms with Gasteiger partial charge in [0, 0.05) is 11.3 Å². The summed E-state index contributed by atoms with van der Waals surface area (Å²) in [5, 5.41) is 2.88. The summed E-state index contributed by atoms with van der Waals surface area (Å²) in [5.74, 6) is -0.261. The molecule has 0 aliphatic rings. The van der Waals surface area contributed by atoms with Crippen molar-refractivity contribution in [2.24, 2.45) is 0 Å². The summed E-state index contributed by atoms with van der Waals surface area (Å²) in [4.78, 5) is 12.7. The standard InChI is InChI=1S/C27H24N2O3S/c1-33(31,32)29(20-21-8-4-2-5-9-21)26-18-14-24(15-19-26)27(30)28-25-16-12-23(13-17-25)22-10-6-3-7-11-22/h2-19H,20H2,1H3,(H,28,30). The fourth-order valence-electron chi connectivity index (χ4n) is 3.51. The Morgan fingerprint density at radius 1 is 0.727 bits per heavy atom. The van der Waals surface area contributed by atoms with Crippen LogP contribution in [0.1, 0.15) is 15.9 Å². The zero-order valence-corrected chi connectivity index (χ0v) is 19.0. The van der Waals surface area contributed by atoms with Gasteiger partial charge in [0.1, 0.15) is 0 Å². The highest BCUT2D eigenvalue weighted by molar-refractivity contribution is 7.92. The van der Waals surface area contributed by atoms with Gasteiger partial charge in [0.05, 0.1) is 18.5 Å². The summed E-state index contributed by atoms with van der Waals surface area (Å²) in [5.41, 5.74) is 4.69. The number of hydrogen-bond donors (Lipinski definition) is 1. The summed E-state index contributed by atoms with van der Waals surface area (Å²) < 4.78 is 26.1. The van der Waals surface area contributed by atoms with Crippen LogP contribution in [0.15, 0.2) is 109 Å². The second-order valence-electron chi connectivity index (χ2n) is 7.70. The van der Waals surface area contributed by atoms with E-state index in [1.54, 1.807) is 24.3 Å². The number of sulfonamides is 1. The van der Waals surface area contributed by atoms with Crippen LogP contribution in [0, 0.1) is 0 Å². The lowest BCUT2D eigenvalue weighted by molar-refractivity contribution is 0.102.